The van der Waals surface area contributed by atoms with Gasteiger partial charge in [0.15, 0.2) is 5.96 Å². The molecule has 0 spiro atoms. The summed E-state index contributed by atoms with van der Waals surface area (Å²) in [6, 6.07) is 7.03. The highest BCUT2D eigenvalue weighted by atomic mass is 32.2. The second kappa shape index (κ2) is 10.8. The first-order chi connectivity index (χ1) is 14.5. The maximum absolute atomic E-state index is 12.9. The number of amides is 1. The van der Waals surface area contributed by atoms with E-state index in [1.807, 2.05) is 13.0 Å². The van der Waals surface area contributed by atoms with Gasteiger partial charge in [0.2, 0.25) is 15.9 Å². The van der Waals surface area contributed by atoms with Gasteiger partial charge in [-0.05, 0) is 50.3 Å². The van der Waals surface area contributed by atoms with Crippen LogP contribution in [0.25, 0.3) is 0 Å². The largest absolute Gasteiger partial charge is 0.357 e. The lowest BCUT2D eigenvalue weighted by Crippen LogP contribution is -2.41. The number of rotatable bonds is 9. The van der Waals surface area contributed by atoms with Crippen molar-refractivity contribution in [2.45, 2.75) is 50.5 Å². The molecule has 3 N–H and O–H groups in total. The molecule has 9 heteroatoms. The van der Waals surface area contributed by atoms with Crippen LogP contribution in [0.3, 0.4) is 0 Å². The van der Waals surface area contributed by atoms with Gasteiger partial charge in [-0.2, -0.15) is 4.31 Å². The summed E-state index contributed by atoms with van der Waals surface area (Å²) in [5.74, 6) is 0.980. The number of nitrogens with zero attached hydrogens (tertiary/aromatic N) is 2. The molecule has 1 aromatic carbocycles. The average molecular weight is 436 g/mol. The summed E-state index contributed by atoms with van der Waals surface area (Å²) in [5, 5.41) is 9.29. The van der Waals surface area contributed by atoms with Crippen molar-refractivity contribution in [1.82, 2.24) is 20.3 Å². The predicted octanol–water partition coefficient (Wildman–Crippen LogP) is 1.44. The van der Waals surface area contributed by atoms with Gasteiger partial charge in [0.25, 0.3) is 0 Å². The Morgan fingerprint density at radius 1 is 1.10 bits per heavy atom. The van der Waals surface area contributed by atoms with Crippen molar-refractivity contribution in [3.63, 3.8) is 0 Å². The monoisotopic (exact) mass is 435 g/mol. The molecule has 1 saturated heterocycles. The van der Waals surface area contributed by atoms with Crippen molar-refractivity contribution in [1.29, 1.82) is 0 Å². The van der Waals surface area contributed by atoms with Crippen LogP contribution in [0, 0.1) is 5.92 Å². The van der Waals surface area contributed by atoms with E-state index in [1.54, 1.807) is 22.5 Å². The number of hydrogen-bond acceptors (Lipinski definition) is 4. The molecule has 30 heavy (non-hydrogen) atoms. The third-order valence-electron chi connectivity index (χ3n) is 5.28. The highest BCUT2D eigenvalue weighted by Gasteiger charge is 2.29. The number of nitrogens with one attached hydrogen (secondary N) is 3. The summed E-state index contributed by atoms with van der Waals surface area (Å²) >= 11 is 0. The first-order valence-electron chi connectivity index (χ1n) is 10.9. The maximum atomic E-state index is 12.9. The van der Waals surface area contributed by atoms with Crippen LogP contribution in [0.2, 0.25) is 0 Å². The Morgan fingerprint density at radius 2 is 1.83 bits per heavy atom. The maximum Gasteiger partial charge on any atom is 0.243 e. The normalized spacial score (nSPS) is 18.1. The van der Waals surface area contributed by atoms with Crippen LogP contribution < -0.4 is 16.0 Å². The minimum absolute atomic E-state index is 0.130. The number of carbonyl (C=O) groups is 1. The topological polar surface area (TPSA) is 103 Å². The van der Waals surface area contributed by atoms with Crippen LogP contribution in [-0.4, -0.2) is 57.3 Å². The molecule has 166 valence electrons. The molecular formula is C21H33N5O3S. The van der Waals surface area contributed by atoms with Gasteiger partial charge < -0.3 is 16.0 Å². The zero-order valence-electron chi connectivity index (χ0n) is 17.7. The Labute approximate surface area is 179 Å². The van der Waals surface area contributed by atoms with Crippen LogP contribution in [-0.2, 0) is 21.4 Å². The molecule has 3 rings (SSSR count). The quantitative estimate of drug-likeness (QED) is 0.309. The van der Waals surface area contributed by atoms with Gasteiger partial charge >= 0.3 is 0 Å². The van der Waals surface area contributed by atoms with E-state index in [0.717, 1.165) is 37.7 Å². The van der Waals surface area contributed by atoms with Gasteiger partial charge in [-0.1, -0.05) is 18.6 Å². The molecular weight excluding hydrogens is 402 g/mol. The molecule has 0 atom stereocenters. The van der Waals surface area contributed by atoms with Crippen molar-refractivity contribution in [2.75, 3.05) is 32.7 Å². The molecule has 1 aliphatic carbocycles. The van der Waals surface area contributed by atoms with Gasteiger partial charge in [0.1, 0.15) is 0 Å². The fourth-order valence-electron chi connectivity index (χ4n) is 3.43. The summed E-state index contributed by atoms with van der Waals surface area (Å²) in [7, 11) is -3.45. The zero-order valence-corrected chi connectivity index (χ0v) is 18.5. The van der Waals surface area contributed by atoms with E-state index in [9.17, 15) is 13.2 Å². The molecule has 2 fully saturated rings. The molecule has 1 saturated carbocycles. The second-order valence-electron chi connectivity index (χ2n) is 7.80. The number of sulfonamides is 1. The summed E-state index contributed by atoms with van der Waals surface area (Å²) < 4.78 is 27.4. The summed E-state index contributed by atoms with van der Waals surface area (Å²) in [5.41, 5.74) is 0.840. The molecule has 1 heterocycles. The lowest BCUT2D eigenvalue weighted by molar-refractivity contribution is -0.122. The molecule has 8 nitrogen and oxygen atoms in total. The smallest absolute Gasteiger partial charge is 0.243 e. The average Bonchev–Trinajstić information content (AvgIpc) is 3.61. The summed E-state index contributed by atoms with van der Waals surface area (Å²) in [4.78, 5) is 16.6. The van der Waals surface area contributed by atoms with Crippen LogP contribution in [0.5, 0.6) is 0 Å². The van der Waals surface area contributed by atoms with E-state index in [1.165, 1.54) is 0 Å². The van der Waals surface area contributed by atoms with E-state index in [4.69, 9.17) is 0 Å². The van der Waals surface area contributed by atoms with Gasteiger partial charge in [0.05, 0.1) is 11.4 Å². The molecule has 1 amide bonds. The molecule has 0 unspecified atom stereocenters. The first-order valence-corrected chi connectivity index (χ1v) is 12.3. The van der Waals surface area contributed by atoms with Crippen molar-refractivity contribution in [3.05, 3.63) is 29.8 Å². The summed E-state index contributed by atoms with van der Waals surface area (Å²) in [6.45, 7) is 5.37. The zero-order chi connectivity index (χ0) is 21.4. The predicted molar refractivity (Wildman–Crippen MR) is 118 cm³/mol. The fraction of sp³-hybridized carbons (Fsp3) is 0.619. The van der Waals surface area contributed by atoms with Crippen LogP contribution in [0.1, 0.15) is 44.6 Å². The van der Waals surface area contributed by atoms with Gasteiger partial charge in [-0.3, -0.25) is 4.79 Å². The van der Waals surface area contributed by atoms with Gasteiger partial charge in [-0.25, -0.2) is 13.4 Å². The third kappa shape index (κ3) is 6.43. The summed E-state index contributed by atoms with van der Waals surface area (Å²) in [6.07, 6.45) is 4.92. The number of guanidine groups is 1. The Hall–Kier alpha value is -2.13. The Morgan fingerprint density at radius 3 is 2.53 bits per heavy atom. The molecule has 0 radical (unpaired) electrons. The first kappa shape index (κ1) is 22.6. The fourth-order valence-corrected chi connectivity index (χ4v) is 5.02. The number of hydrogen-bond donors (Lipinski definition) is 3. The lowest BCUT2D eigenvalue weighted by Gasteiger charge is -2.26. The van der Waals surface area contributed by atoms with Crippen molar-refractivity contribution in [2.24, 2.45) is 10.9 Å². The van der Waals surface area contributed by atoms with Gasteiger partial charge in [0, 0.05) is 38.6 Å². The lowest BCUT2D eigenvalue weighted by atomic mass is 10.2. The Bertz CT molecular complexity index is 846. The van der Waals surface area contributed by atoms with E-state index in [2.05, 4.69) is 20.9 Å². The van der Waals surface area contributed by atoms with Crippen LogP contribution in [0.4, 0.5) is 0 Å². The van der Waals surface area contributed by atoms with Crippen molar-refractivity contribution in [3.8, 4) is 0 Å². The molecule has 2 aliphatic rings. The molecule has 1 aliphatic heterocycles. The van der Waals surface area contributed by atoms with Crippen LogP contribution in [0.15, 0.2) is 34.2 Å². The minimum Gasteiger partial charge on any atom is -0.357 e. The number of piperidine rings is 1. The third-order valence-corrected chi connectivity index (χ3v) is 7.17. The number of carbonyl (C=O) groups excluding carboxylic acids is 1. The van der Waals surface area contributed by atoms with E-state index < -0.39 is 10.0 Å². The van der Waals surface area contributed by atoms with E-state index in [0.29, 0.717) is 50.1 Å². The highest BCUT2D eigenvalue weighted by molar-refractivity contribution is 7.89. The number of aliphatic imine (C=N–C) groups is 1. The highest BCUT2D eigenvalue weighted by Crippen LogP contribution is 2.28. The molecule has 0 bridgehead atoms. The van der Waals surface area contributed by atoms with E-state index in [-0.39, 0.29) is 11.8 Å². The minimum atomic E-state index is -3.45. The SMILES string of the molecule is CCNC(=NCc1cccc(S(=O)(=O)N2CCCCC2)c1)NCCNC(=O)C1CC1. The second-order valence-corrected chi connectivity index (χ2v) is 9.74. The standard InChI is InChI=1S/C21H33N5O3S/c1-2-22-21(24-12-11-23-20(27)18-9-10-18)25-16-17-7-6-8-19(15-17)30(28,29)26-13-4-3-5-14-26/h6-8,15,18H,2-5,9-14,16H2,1H3,(H,23,27)(H2,22,24,25). The van der Waals surface area contributed by atoms with Crippen LogP contribution >= 0.6 is 0 Å². The Kier molecular flexibility index (Phi) is 8.09. The van der Waals surface area contributed by atoms with E-state index >= 15 is 0 Å². The Balaban J connectivity index is 1.56. The molecule has 0 aromatic heterocycles. The number of benzene rings is 1. The van der Waals surface area contributed by atoms with Crippen molar-refractivity contribution < 1.29 is 13.2 Å². The van der Waals surface area contributed by atoms with Gasteiger partial charge in [-0.15, -0.1) is 0 Å². The van der Waals surface area contributed by atoms with Crippen molar-refractivity contribution >= 4 is 21.9 Å². The molecule has 1 aromatic rings.